The van der Waals surface area contributed by atoms with Gasteiger partial charge in [-0.3, -0.25) is 4.90 Å². The number of hydrogen-bond donors (Lipinski definition) is 0. The molecule has 2 rings (SSSR count). The molecule has 1 heterocycles. The molecule has 1 aliphatic rings. The maximum absolute atomic E-state index is 6.18. The van der Waals surface area contributed by atoms with Crippen LogP contribution in [0.4, 0.5) is 0 Å². The Bertz CT molecular complexity index is 384. The third-order valence-electron chi connectivity index (χ3n) is 3.08. The molecule has 0 saturated carbocycles. The molecule has 1 aromatic rings. The number of alkyl halides is 1. The number of hydrogen-bond acceptors (Lipinski definition) is 2. The van der Waals surface area contributed by atoms with Gasteiger partial charge in [-0.1, -0.05) is 11.6 Å². The highest BCUT2D eigenvalue weighted by atomic mass is 35.5. The molecule has 1 atom stereocenters. The molecule has 2 nitrogen and oxygen atoms in total. The highest BCUT2D eigenvalue weighted by Gasteiger charge is 2.19. The van der Waals surface area contributed by atoms with Gasteiger partial charge in [-0.25, -0.2) is 0 Å². The van der Waals surface area contributed by atoms with Gasteiger partial charge in [-0.2, -0.15) is 0 Å². The lowest BCUT2D eigenvalue weighted by Gasteiger charge is -2.30. The summed E-state index contributed by atoms with van der Waals surface area (Å²) in [5, 5.41) is 1.02. The van der Waals surface area contributed by atoms with E-state index in [9.17, 15) is 0 Å². The maximum Gasteiger partial charge on any atom is 0.123 e. The molecule has 1 saturated heterocycles. The Morgan fingerprint density at radius 3 is 3.00 bits per heavy atom. The van der Waals surface area contributed by atoms with Crippen LogP contribution in [0.25, 0.3) is 0 Å². The van der Waals surface area contributed by atoms with Gasteiger partial charge in [-0.15, -0.1) is 11.6 Å². The van der Waals surface area contributed by atoms with E-state index < -0.39 is 0 Å². The van der Waals surface area contributed by atoms with E-state index in [-0.39, 0.29) is 5.38 Å². The zero-order chi connectivity index (χ0) is 12.3. The predicted molar refractivity (Wildman–Crippen MR) is 72.2 cm³/mol. The number of benzene rings is 1. The number of rotatable bonds is 3. The molecule has 0 bridgehead atoms. The van der Waals surface area contributed by atoms with Crippen LogP contribution in [0.1, 0.15) is 18.4 Å². The minimum absolute atomic E-state index is 0.272. The van der Waals surface area contributed by atoms with Crippen LogP contribution in [0, 0.1) is 0 Å². The smallest absolute Gasteiger partial charge is 0.123 e. The van der Waals surface area contributed by atoms with Gasteiger partial charge in [0, 0.05) is 29.1 Å². The lowest BCUT2D eigenvalue weighted by molar-refractivity contribution is 0.221. The van der Waals surface area contributed by atoms with Gasteiger partial charge in [0.05, 0.1) is 7.11 Å². The Labute approximate surface area is 112 Å². The van der Waals surface area contributed by atoms with Gasteiger partial charge in [0.15, 0.2) is 0 Å². The van der Waals surface area contributed by atoms with Gasteiger partial charge in [-0.05, 0) is 37.6 Å². The summed E-state index contributed by atoms with van der Waals surface area (Å²) < 4.78 is 5.35. The molecule has 1 aliphatic heterocycles. The van der Waals surface area contributed by atoms with E-state index in [1.807, 2.05) is 18.2 Å². The summed E-state index contributed by atoms with van der Waals surface area (Å²) in [5.74, 6) is 0.895. The van der Waals surface area contributed by atoms with Crippen molar-refractivity contribution < 1.29 is 4.74 Å². The quantitative estimate of drug-likeness (QED) is 0.781. The summed E-state index contributed by atoms with van der Waals surface area (Å²) >= 11 is 12.2. The molecule has 1 unspecified atom stereocenters. The lowest BCUT2D eigenvalue weighted by Crippen LogP contribution is -2.35. The second-order valence-corrected chi connectivity index (χ2v) is 5.48. The summed E-state index contributed by atoms with van der Waals surface area (Å²) in [7, 11) is 1.69. The first kappa shape index (κ1) is 13.0. The first-order valence-electron chi connectivity index (χ1n) is 5.88. The Hall–Kier alpha value is -0.440. The van der Waals surface area contributed by atoms with Crippen LogP contribution in [0.3, 0.4) is 0 Å². The van der Waals surface area contributed by atoms with Crippen LogP contribution in [-0.4, -0.2) is 30.5 Å². The fraction of sp³-hybridized carbons (Fsp3) is 0.538. The molecule has 0 amide bonds. The molecule has 0 spiro atoms. The molecule has 0 aromatic heterocycles. The van der Waals surface area contributed by atoms with Crippen molar-refractivity contribution in [3.05, 3.63) is 28.8 Å². The van der Waals surface area contributed by atoms with E-state index in [2.05, 4.69) is 4.90 Å². The molecule has 0 aliphatic carbocycles. The van der Waals surface area contributed by atoms with Crippen LogP contribution in [0.5, 0.6) is 5.75 Å². The summed E-state index contributed by atoms with van der Waals surface area (Å²) in [6.45, 7) is 2.89. The molecular weight excluding hydrogens is 257 g/mol. The zero-order valence-corrected chi connectivity index (χ0v) is 11.5. The van der Waals surface area contributed by atoms with Crippen LogP contribution in [-0.2, 0) is 6.54 Å². The van der Waals surface area contributed by atoms with Crippen molar-refractivity contribution in [3.63, 3.8) is 0 Å². The fourth-order valence-electron chi connectivity index (χ4n) is 2.25. The van der Waals surface area contributed by atoms with Crippen LogP contribution < -0.4 is 4.74 Å². The molecular formula is C13H17Cl2NO. The molecule has 1 aromatic carbocycles. The third kappa shape index (κ3) is 3.51. The van der Waals surface area contributed by atoms with Gasteiger partial charge in [0.25, 0.3) is 0 Å². The molecule has 17 heavy (non-hydrogen) atoms. The van der Waals surface area contributed by atoms with Crippen LogP contribution in [0.15, 0.2) is 18.2 Å². The molecule has 0 radical (unpaired) electrons. The van der Waals surface area contributed by atoms with Gasteiger partial charge < -0.3 is 4.74 Å². The van der Waals surface area contributed by atoms with Gasteiger partial charge in [0.1, 0.15) is 5.75 Å². The van der Waals surface area contributed by atoms with Crippen molar-refractivity contribution in [1.82, 2.24) is 4.90 Å². The van der Waals surface area contributed by atoms with Crippen molar-refractivity contribution in [2.45, 2.75) is 24.8 Å². The average Bonchev–Trinajstić information content (AvgIpc) is 2.29. The second-order valence-electron chi connectivity index (χ2n) is 4.43. The normalized spacial score (nSPS) is 21.5. The van der Waals surface area contributed by atoms with Crippen molar-refractivity contribution in [1.29, 1.82) is 0 Å². The molecule has 4 heteroatoms. The van der Waals surface area contributed by atoms with E-state index in [0.717, 1.165) is 48.8 Å². The standard InChI is InChI=1S/C13H17Cl2NO/c1-17-13-5-4-11(14)7-10(13)8-16-6-2-3-12(15)9-16/h4-5,7,12H,2-3,6,8-9H2,1H3. The molecule has 94 valence electrons. The number of ether oxygens (including phenoxy) is 1. The summed E-state index contributed by atoms with van der Waals surface area (Å²) in [6.07, 6.45) is 2.28. The van der Waals surface area contributed by atoms with Gasteiger partial charge >= 0.3 is 0 Å². The third-order valence-corrected chi connectivity index (χ3v) is 3.68. The number of methoxy groups -OCH3 is 1. The molecule has 0 N–H and O–H groups in total. The Morgan fingerprint density at radius 1 is 1.47 bits per heavy atom. The average molecular weight is 274 g/mol. The van der Waals surface area contributed by atoms with E-state index in [1.165, 1.54) is 0 Å². The maximum atomic E-state index is 6.18. The predicted octanol–water partition coefficient (Wildman–Crippen LogP) is 3.55. The zero-order valence-electron chi connectivity index (χ0n) is 9.96. The van der Waals surface area contributed by atoms with E-state index in [0.29, 0.717) is 0 Å². The number of likely N-dealkylation sites (tertiary alicyclic amines) is 1. The summed E-state index contributed by atoms with van der Waals surface area (Å²) in [5.41, 5.74) is 1.13. The number of nitrogens with zero attached hydrogens (tertiary/aromatic N) is 1. The minimum Gasteiger partial charge on any atom is -0.496 e. The summed E-state index contributed by atoms with van der Waals surface area (Å²) in [4.78, 5) is 2.36. The lowest BCUT2D eigenvalue weighted by atomic mass is 10.1. The number of halogens is 2. The Morgan fingerprint density at radius 2 is 2.29 bits per heavy atom. The molecule has 1 fully saturated rings. The first-order chi connectivity index (χ1) is 8.19. The largest absolute Gasteiger partial charge is 0.496 e. The summed E-state index contributed by atoms with van der Waals surface area (Å²) in [6, 6.07) is 5.74. The van der Waals surface area contributed by atoms with Crippen molar-refractivity contribution >= 4 is 23.2 Å². The topological polar surface area (TPSA) is 12.5 Å². The van der Waals surface area contributed by atoms with Crippen molar-refractivity contribution in [3.8, 4) is 5.75 Å². The van der Waals surface area contributed by atoms with Crippen LogP contribution >= 0.6 is 23.2 Å². The van der Waals surface area contributed by atoms with Gasteiger partial charge in [0.2, 0.25) is 0 Å². The monoisotopic (exact) mass is 273 g/mol. The van der Waals surface area contributed by atoms with Crippen molar-refractivity contribution in [2.24, 2.45) is 0 Å². The van der Waals surface area contributed by atoms with E-state index in [4.69, 9.17) is 27.9 Å². The Balaban J connectivity index is 2.08. The second kappa shape index (κ2) is 5.94. The number of piperidine rings is 1. The Kier molecular flexibility index (Phi) is 4.55. The van der Waals surface area contributed by atoms with Crippen molar-refractivity contribution in [2.75, 3.05) is 20.2 Å². The highest BCUT2D eigenvalue weighted by molar-refractivity contribution is 6.30. The SMILES string of the molecule is COc1ccc(Cl)cc1CN1CCCC(Cl)C1. The fourth-order valence-corrected chi connectivity index (χ4v) is 2.80. The van der Waals surface area contributed by atoms with Crippen LogP contribution in [0.2, 0.25) is 5.02 Å². The minimum atomic E-state index is 0.272. The highest BCUT2D eigenvalue weighted by Crippen LogP contribution is 2.25. The first-order valence-corrected chi connectivity index (χ1v) is 6.69. The van der Waals surface area contributed by atoms with E-state index in [1.54, 1.807) is 7.11 Å². The van der Waals surface area contributed by atoms with E-state index >= 15 is 0 Å².